The Kier molecular flexibility index (Phi) is 6.23. The third kappa shape index (κ3) is 4.72. The van der Waals surface area contributed by atoms with E-state index in [9.17, 15) is 9.59 Å². The van der Waals surface area contributed by atoms with Gasteiger partial charge in [0.15, 0.2) is 6.10 Å². The Morgan fingerprint density at radius 2 is 1.83 bits per heavy atom. The lowest BCUT2D eigenvalue weighted by Gasteiger charge is -2.14. The van der Waals surface area contributed by atoms with Crippen molar-refractivity contribution in [3.05, 3.63) is 57.5 Å². The summed E-state index contributed by atoms with van der Waals surface area (Å²) >= 11 is 9.08. The van der Waals surface area contributed by atoms with Crippen LogP contribution >= 0.6 is 27.5 Å². The molecule has 0 spiro atoms. The fourth-order valence-electron chi connectivity index (χ4n) is 1.85. The quantitative estimate of drug-likeness (QED) is 0.744. The second-order valence-electron chi connectivity index (χ2n) is 4.89. The van der Waals surface area contributed by atoms with Crippen LogP contribution in [0.25, 0.3) is 0 Å². The summed E-state index contributed by atoms with van der Waals surface area (Å²) < 4.78 is 10.9. The first-order valence-electron chi connectivity index (χ1n) is 7.01. The van der Waals surface area contributed by atoms with Gasteiger partial charge in [0.1, 0.15) is 5.75 Å². The monoisotopic (exact) mass is 411 g/mol. The van der Waals surface area contributed by atoms with Crippen molar-refractivity contribution in [1.29, 1.82) is 0 Å². The summed E-state index contributed by atoms with van der Waals surface area (Å²) in [4.78, 5) is 24.2. The molecule has 0 aliphatic rings. The Bertz CT molecular complexity index is 749. The second kappa shape index (κ2) is 8.17. The highest BCUT2D eigenvalue weighted by molar-refractivity contribution is 9.10. The number of carbonyl (C=O) groups is 2. The molecule has 126 valence electrons. The van der Waals surface area contributed by atoms with Crippen LogP contribution in [0.5, 0.6) is 5.75 Å². The van der Waals surface area contributed by atoms with Crippen LogP contribution in [0, 0.1) is 0 Å². The molecule has 0 unspecified atom stereocenters. The maximum atomic E-state index is 12.1. The zero-order valence-electron chi connectivity index (χ0n) is 13.0. The molecule has 24 heavy (non-hydrogen) atoms. The van der Waals surface area contributed by atoms with Crippen molar-refractivity contribution in [3.8, 4) is 5.75 Å². The number of benzene rings is 2. The molecule has 0 fully saturated rings. The summed E-state index contributed by atoms with van der Waals surface area (Å²) in [5.74, 6) is -0.435. The number of amides is 1. The van der Waals surface area contributed by atoms with Gasteiger partial charge in [0.05, 0.1) is 17.1 Å². The molecular weight excluding hydrogens is 398 g/mol. The van der Waals surface area contributed by atoms with Gasteiger partial charge in [-0.2, -0.15) is 0 Å². The lowest BCUT2D eigenvalue weighted by Crippen LogP contribution is -2.30. The Labute approximate surface area is 153 Å². The van der Waals surface area contributed by atoms with Crippen LogP contribution < -0.4 is 10.1 Å². The van der Waals surface area contributed by atoms with E-state index in [1.54, 1.807) is 42.5 Å². The van der Waals surface area contributed by atoms with Crippen LogP contribution in [0.2, 0.25) is 5.02 Å². The van der Waals surface area contributed by atoms with Gasteiger partial charge in [-0.15, -0.1) is 0 Å². The molecule has 0 saturated heterocycles. The SMILES string of the molecule is COc1ccc(C(=O)O[C@@H](C)C(=O)Nc2ccc(Cl)cc2)cc1Br. The van der Waals surface area contributed by atoms with E-state index in [2.05, 4.69) is 21.2 Å². The summed E-state index contributed by atoms with van der Waals surface area (Å²) in [6, 6.07) is 11.4. The first-order chi connectivity index (χ1) is 11.4. The van der Waals surface area contributed by atoms with E-state index >= 15 is 0 Å². The maximum absolute atomic E-state index is 12.1. The van der Waals surface area contributed by atoms with Gasteiger partial charge >= 0.3 is 5.97 Å². The Balaban J connectivity index is 1.98. The third-order valence-corrected chi connectivity index (χ3v) is 4.02. The molecule has 0 aliphatic carbocycles. The minimum atomic E-state index is -0.950. The molecule has 0 bridgehead atoms. The van der Waals surface area contributed by atoms with Crippen molar-refractivity contribution >= 4 is 45.1 Å². The van der Waals surface area contributed by atoms with Gasteiger partial charge < -0.3 is 14.8 Å². The highest BCUT2D eigenvalue weighted by atomic mass is 79.9. The molecule has 5 nitrogen and oxygen atoms in total. The van der Waals surface area contributed by atoms with Crippen molar-refractivity contribution in [2.45, 2.75) is 13.0 Å². The predicted molar refractivity (Wildman–Crippen MR) is 95.7 cm³/mol. The van der Waals surface area contributed by atoms with E-state index in [0.717, 1.165) is 0 Å². The van der Waals surface area contributed by atoms with Crippen LogP contribution in [0.1, 0.15) is 17.3 Å². The maximum Gasteiger partial charge on any atom is 0.338 e. The molecule has 1 atom stereocenters. The number of hydrogen-bond acceptors (Lipinski definition) is 4. The second-order valence-corrected chi connectivity index (χ2v) is 6.18. The third-order valence-electron chi connectivity index (χ3n) is 3.15. The van der Waals surface area contributed by atoms with Crippen molar-refractivity contribution in [1.82, 2.24) is 0 Å². The average Bonchev–Trinajstić information content (AvgIpc) is 2.56. The number of nitrogens with one attached hydrogen (secondary N) is 1. The van der Waals surface area contributed by atoms with E-state index in [1.807, 2.05) is 0 Å². The Morgan fingerprint density at radius 1 is 1.17 bits per heavy atom. The van der Waals surface area contributed by atoms with Gasteiger partial charge in [-0.05, 0) is 65.3 Å². The minimum absolute atomic E-state index is 0.314. The summed E-state index contributed by atoms with van der Waals surface area (Å²) in [7, 11) is 1.53. The van der Waals surface area contributed by atoms with Gasteiger partial charge in [0.25, 0.3) is 5.91 Å². The van der Waals surface area contributed by atoms with Gasteiger partial charge in [0.2, 0.25) is 0 Å². The topological polar surface area (TPSA) is 64.6 Å². The molecule has 1 N–H and O–H groups in total. The zero-order valence-corrected chi connectivity index (χ0v) is 15.3. The number of carbonyl (C=O) groups excluding carboxylic acids is 2. The van der Waals surface area contributed by atoms with Gasteiger partial charge in [0, 0.05) is 10.7 Å². The Morgan fingerprint density at radius 3 is 2.42 bits per heavy atom. The van der Waals surface area contributed by atoms with Crippen LogP contribution in [0.4, 0.5) is 5.69 Å². The molecule has 7 heteroatoms. The molecule has 1 amide bonds. The van der Waals surface area contributed by atoms with Crippen molar-refractivity contribution in [2.24, 2.45) is 0 Å². The summed E-state index contributed by atoms with van der Waals surface area (Å²) in [6.45, 7) is 1.50. The molecule has 0 saturated carbocycles. The first kappa shape index (κ1) is 18.3. The molecule has 0 aromatic heterocycles. The summed E-state index contributed by atoms with van der Waals surface area (Å²) in [5.41, 5.74) is 0.883. The number of anilines is 1. The van der Waals surface area contributed by atoms with E-state index in [4.69, 9.17) is 21.1 Å². The van der Waals surface area contributed by atoms with E-state index in [-0.39, 0.29) is 0 Å². The van der Waals surface area contributed by atoms with Gasteiger partial charge in [-0.3, -0.25) is 4.79 Å². The number of methoxy groups -OCH3 is 1. The molecule has 2 aromatic carbocycles. The molecule has 0 aliphatic heterocycles. The number of esters is 1. The lowest BCUT2D eigenvalue weighted by molar-refractivity contribution is -0.123. The van der Waals surface area contributed by atoms with Crippen molar-refractivity contribution in [3.63, 3.8) is 0 Å². The molecule has 2 aromatic rings. The van der Waals surface area contributed by atoms with E-state index in [1.165, 1.54) is 14.0 Å². The number of hydrogen-bond donors (Lipinski definition) is 1. The van der Waals surface area contributed by atoms with Crippen molar-refractivity contribution < 1.29 is 19.1 Å². The average molecular weight is 413 g/mol. The first-order valence-corrected chi connectivity index (χ1v) is 8.18. The van der Waals surface area contributed by atoms with Crippen LogP contribution in [-0.4, -0.2) is 25.1 Å². The largest absolute Gasteiger partial charge is 0.496 e. The van der Waals surface area contributed by atoms with E-state index < -0.39 is 18.0 Å². The van der Waals surface area contributed by atoms with Crippen molar-refractivity contribution in [2.75, 3.05) is 12.4 Å². The van der Waals surface area contributed by atoms with Gasteiger partial charge in [-0.25, -0.2) is 4.79 Å². The smallest absolute Gasteiger partial charge is 0.338 e. The highest BCUT2D eigenvalue weighted by Crippen LogP contribution is 2.26. The summed E-state index contributed by atoms with van der Waals surface area (Å²) in [5, 5.41) is 3.22. The minimum Gasteiger partial charge on any atom is -0.496 e. The zero-order chi connectivity index (χ0) is 17.7. The fourth-order valence-corrected chi connectivity index (χ4v) is 2.52. The van der Waals surface area contributed by atoms with Crippen LogP contribution in [0.15, 0.2) is 46.9 Å². The fraction of sp³-hybridized carbons (Fsp3) is 0.176. The number of halogens is 2. The lowest BCUT2D eigenvalue weighted by atomic mass is 10.2. The normalized spacial score (nSPS) is 11.5. The molecular formula is C17H15BrClNO4. The van der Waals surface area contributed by atoms with Gasteiger partial charge in [-0.1, -0.05) is 11.6 Å². The number of rotatable bonds is 5. The molecule has 0 heterocycles. The Hall–Kier alpha value is -2.05. The van der Waals surface area contributed by atoms with Crippen LogP contribution in [-0.2, 0) is 9.53 Å². The standard InChI is InChI=1S/C17H15BrClNO4/c1-10(16(21)20-13-6-4-12(19)5-7-13)24-17(22)11-3-8-15(23-2)14(18)9-11/h3-10H,1-2H3,(H,20,21)/t10-/m0/s1. The van der Waals surface area contributed by atoms with Crippen LogP contribution in [0.3, 0.4) is 0 Å². The number of ether oxygens (including phenoxy) is 2. The van der Waals surface area contributed by atoms with E-state index in [0.29, 0.717) is 26.5 Å². The molecule has 0 radical (unpaired) electrons. The highest BCUT2D eigenvalue weighted by Gasteiger charge is 2.19. The summed E-state index contributed by atoms with van der Waals surface area (Å²) in [6.07, 6.45) is -0.950. The predicted octanol–water partition coefficient (Wildman–Crippen LogP) is 4.30. The molecule has 2 rings (SSSR count).